The zero-order valence-electron chi connectivity index (χ0n) is 12.8. The van der Waals surface area contributed by atoms with Crippen LogP contribution in [0, 0.1) is 6.92 Å². The highest BCUT2D eigenvalue weighted by Crippen LogP contribution is 2.12. The number of aryl methyl sites for hydroxylation is 2. The summed E-state index contributed by atoms with van der Waals surface area (Å²) in [5.41, 5.74) is 1.23. The number of nitrogens with zero attached hydrogens (tertiary/aromatic N) is 4. The van der Waals surface area contributed by atoms with Gasteiger partial charge in [-0.05, 0) is 33.2 Å². The van der Waals surface area contributed by atoms with E-state index >= 15 is 0 Å². The van der Waals surface area contributed by atoms with E-state index in [9.17, 15) is 0 Å². The van der Waals surface area contributed by atoms with Crippen molar-refractivity contribution in [1.29, 1.82) is 0 Å². The van der Waals surface area contributed by atoms with Crippen molar-refractivity contribution < 1.29 is 4.42 Å². The van der Waals surface area contributed by atoms with Crippen LogP contribution in [0.3, 0.4) is 0 Å². The molecule has 0 amide bonds. The maximum Gasteiger partial charge on any atom is 0.118 e. The number of furan rings is 1. The Bertz CT molecular complexity index is 487. The fourth-order valence-electron chi connectivity index (χ4n) is 2.16. The van der Waals surface area contributed by atoms with Crippen LogP contribution in [0.1, 0.15) is 17.1 Å². The van der Waals surface area contributed by atoms with E-state index in [1.165, 1.54) is 5.56 Å². The van der Waals surface area contributed by atoms with Gasteiger partial charge in [0, 0.05) is 38.4 Å². The molecule has 2 rings (SSSR count). The lowest BCUT2D eigenvalue weighted by atomic mass is 10.3. The summed E-state index contributed by atoms with van der Waals surface area (Å²) >= 11 is 0. The van der Waals surface area contributed by atoms with Crippen molar-refractivity contribution in [1.82, 2.24) is 19.6 Å². The Morgan fingerprint density at radius 2 is 2.00 bits per heavy atom. The highest BCUT2D eigenvalue weighted by atomic mass is 16.3. The first-order chi connectivity index (χ1) is 9.52. The molecule has 0 fully saturated rings. The van der Waals surface area contributed by atoms with Crippen molar-refractivity contribution in [2.75, 3.05) is 27.2 Å². The second-order valence-corrected chi connectivity index (χ2v) is 5.55. The highest BCUT2D eigenvalue weighted by Gasteiger charge is 2.11. The summed E-state index contributed by atoms with van der Waals surface area (Å²) in [6.07, 6.45) is 3.99. The van der Waals surface area contributed by atoms with E-state index < -0.39 is 0 Å². The lowest BCUT2D eigenvalue weighted by Crippen LogP contribution is -2.30. The molecule has 0 radical (unpaired) electrons. The average Bonchev–Trinajstić information content (AvgIpc) is 2.95. The van der Waals surface area contributed by atoms with Crippen molar-refractivity contribution in [3.8, 4) is 0 Å². The summed E-state index contributed by atoms with van der Waals surface area (Å²) in [4.78, 5) is 4.58. The SMILES string of the molecule is Cc1ccc(CN(CCN(C)C)Cc2cnn(C)c2)o1. The Hall–Kier alpha value is -1.59. The molecule has 0 unspecified atom stereocenters. The van der Waals surface area contributed by atoms with Gasteiger partial charge in [-0.3, -0.25) is 9.58 Å². The lowest BCUT2D eigenvalue weighted by molar-refractivity contribution is 0.210. The van der Waals surface area contributed by atoms with Crippen LogP contribution < -0.4 is 0 Å². The Labute approximate surface area is 120 Å². The lowest BCUT2D eigenvalue weighted by Gasteiger charge is -2.22. The minimum Gasteiger partial charge on any atom is -0.465 e. The standard InChI is InChI=1S/C15H24N4O/c1-13-5-6-15(20-13)12-19(8-7-17(2)3)11-14-9-16-18(4)10-14/h5-6,9-10H,7-8,11-12H2,1-4H3. The third-order valence-corrected chi connectivity index (χ3v) is 3.20. The first-order valence-corrected chi connectivity index (χ1v) is 6.93. The van der Waals surface area contributed by atoms with Gasteiger partial charge in [-0.1, -0.05) is 0 Å². The molecule has 0 N–H and O–H groups in total. The monoisotopic (exact) mass is 276 g/mol. The molecule has 0 spiro atoms. The number of rotatable bonds is 7. The molecular weight excluding hydrogens is 252 g/mol. The van der Waals surface area contributed by atoms with Crippen molar-refractivity contribution in [2.45, 2.75) is 20.0 Å². The summed E-state index contributed by atoms with van der Waals surface area (Å²) in [6, 6.07) is 4.07. The van der Waals surface area contributed by atoms with Crippen LogP contribution in [0.15, 0.2) is 28.9 Å². The molecule has 20 heavy (non-hydrogen) atoms. The van der Waals surface area contributed by atoms with E-state index in [0.29, 0.717) is 0 Å². The van der Waals surface area contributed by atoms with Crippen molar-refractivity contribution in [2.24, 2.45) is 7.05 Å². The molecule has 0 saturated carbocycles. The van der Waals surface area contributed by atoms with E-state index in [0.717, 1.165) is 37.7 Å². The third kappa shape index (κ3) is 4.51. The topological polar surface area (TPSA) is 37.4 Å². The number of aromatic nitrogens is 2. The zero-order valence-corrected chi connectivity index (χ0v) is 12.8. The van der Waals surface area contributed by atoms with E-state index in [1.54, 1.807) is 0 Å². The van der Waals surface area contributed by atoms with Gasteiger partial charge >= 0.3 is 0 Å². The second-order valence-electron chi connectivity index (χ2n) is 5.55. The molecule has 0 bridgehead atoms. The molecule has 0 aliphatic heterocycles. The second kappa shape index (κ2) is 6.72. The van der Waals surface area contributed by atoms with Gasteiger partial charge in [-0.25, -0.2) is 0 Å². The minimum absolute atomic E-state index is 0.830. The van der Waals surface area contributed by atoms with Crippen LogP contribution in [0.4, 0.5) is 0 Å². The van der Waals surface area contributed by atoms with E-state index in [4.69, 9.17) is 4.42 Å². The highest BCUT2D eigenvalue weighted by molar-refractivity contribution is 5.07. The molecular formula is C15H24N4O. The van der Waals surface area contributed by atoms with Gasteiger partial charge in [0.2, 0.25) is 0 Å². The van der Waals surface area contributed by atoms with Crippen LogP contribution >= 0.6 is 0 Å². The van der Waals surface area contributed by atoms with Crippen molar-refractivity contribution >= 4 is 0 Å². The van der Waals surface area contributed by atoms with Gasteiger partial charge in [-0.15, -0.1) is 0 Å². The Morgan fingerprint density at radius 3 is 2.55 bits per heavy atom. The molecule has 0 aliphatic carbocycles. The average molecular weight is 276 g/mol. The summed E-state index contributed by atoms with van der Waals surface area (Å²) in [7, 11) is 6.14. The van der Waals surface area contributed by atoms with Crippen LogP contribution in [0.25, 0.3) is 0 Å². The Balaban J connectivity index is 1.99. The smallest absolute Gasteiger partial charge is 0.118 e. The molecule has 5 heteroatoms. The van der Waals surface area contributed by atoms with E-state index in [1.807, 2.05) is 30.9 Å². The minimum atomic E-state index is 0.830. The number of likely N-dealkylation sites (N-methyl/N-ethyl adjacent to an activating group) is 1. The molecule has 110 valence electrons. The fraction of sp³-hybridized carbons (Fsp3) is 0.533. The van der Waals surface area contributed by atoms with Crippen LogP contribution in [0.5, 0.6) is 0 Å². The van der Waals surface area contributed by atoms with Gasteiger partial charge in [0.05, 0.1) is 12.7 Å². The molecule has 0 aromatic carbocycles. The van der Waals surface area contributed by atoms with E-state index in [-0.39, 0.29) is 0 Å². The van der Waals surface area contributed by atoms with Crippen molar-refractivity contribution in [3.05, 3.63) is 41.6 Å². The van der Waals surface area contributed by atoms with Gasteiger partial charge in [0.15, 0.2) is 0 Å². The molecule has 2 aromatic heterocycles. The Morgan fingerprint density at radius 1 is 1.20 bits per heavy atom. The van der Waals surface area contributed by atoms with E-state index in [2.05, 4.69) is 41.3 Å². The predicted octanol–water partition coefficient (Wildman–Crippen LogP) is 1.89. The van der Waals surface area contributed by atoms with Crippen molar-refractivity contribution in [3.63, 3.8) is 0 Å². The fourth-order valence-corrected chi connectivity index (χ4v) is 2.16. The summed E-state index contributed by atoms with van der Waals surface area (Å²) in [5, 5.41) is 4.23. The van der Waals surface area contributed by atoms with Crippen LogP contribution in [-0.4, -0.2) is 46.8 Å². The quantitative estimate of drug-likeness (QED) is 0.774. The molecule has 2 heterocycles. The molecule has 2 aromatic rings. The van der Waals surface area contributed by atoms with Crippen LogP contribution in [0.2, 0.25) is 0 Å². The molecule has 0 saturated heterocycles. The molecule has 5 nitrogen and oxygen atoms in total. The predicted molar refractivity (Wildman–Crippen MR) is 79.3 cm³/mol. The number of hydrogen-bond acceptors (Lipinski definition) is 4. The molecule has 0 aliphatic rings. The summed E-state index contributed by atoms with van der Waals surface area (Å²) in [5.74, 6) is 1.99. The zero-order chi connectivity index (χ0) is 14.5. The molecule has 0 atom stereocenters. The third-order valence-electron chi connectivity index (χ3n) is 3.20. The van der Waals surface area contributed by atoms with Gasteiger partial charge in [-0.2, -0.15) is 5.10 Å². The van der Waals surface area contributed by atoms with Gasteiger partial charge in [0.25, 0.3) is 0 Å². The largest absolute Gasteiger partial charge is 0.465 e. The maximum atomic E-state index is 5.69. The normalized spacial score (nSPS) is 11.7. The van der Waals surface area contributed by atoms with Gasteiger partial charge in [0.1, 0.15) is 11.5 Å². The van der Waals surface area contributed by atoms with Crippen LogP contribution in [-0.2, 0) is 20.1 Å². The number of hydrogen-bond donors (Lipinski definition) is 0. The first kappa shape index (κ1) is 14.8. The first-order valence-electron chi connectivity index (χ1n) is 6.93. The maximum absolute atomic E-state index is 5.69. The summed E-state index contributed by atoms with van der Waals surface area (Å²) in [6.45, 7) is 5.73. The summed E-state index contributed by atoms with van der Waals surface area (Å²) < 4.78 is 7.53. The Kier molecular flexibility index (Phi) is 4.98. The van der Waals surface area contributed by atoms with Gasteiger partial charge < -0.3 is 9.32 Å².